The van der Waals surface area contributed by atoms with Crippen molar-refractivity contribution in [2.75, 3.05) is 6.61 Å². The molecule has 24 heavy (non-hydrogen) atoms. The van der Waals surface area contributed by atoms with E-state index in [1.807, 2.05) is 30.3 Å². The molecule has 0 aliphatic heterocycles. The summed E-state index contributed by atoms with van der Waals surface area (Å²) in [5, 5.41) is 13.7. The molecule has 0 bridgehead atoms. The van der Waals surface area contributed by atoms with Crippen LogP contribution in [0.5, 0.6) is 5.75 Å². The molecule has 6 nitrogen and oxygen atoms in total. The molecule has 1 aliphatic rings. The molecule has 2 aromatic rings. The maximum atomic E-state index is 12.2. The van der Waals surface area contributed by atoms with E-state index in [0.717, 1.165) is 24.8 Å². The minimum atomic E-state index is -0.475. The first-order chi connectivity index (χ1) is 11.6. The van der Waals surface area contributed by atoms with Crippen LogP contribution in [-0.4, -0.2) is 17.4 Å². The van der Waals surface area contributed by atoms with Crippen LogP contribution in [0.25, 0.3) is 0 Å². The van der Waals surface area contributed by atoms with Crippen molar-refractivity contribution in [1.29, 1.82) is 0 Å². The lowest BCUT2D eigenvalue weighted by molar-refractivity contribution is -0.384. The number of hydrogen-bond acceptors (Lipinski definition) is 4. The number of nitrogens with one attached hydrogen (secondary N) is 1. The van der Waals surface area contributed by atoms with E-state index in [0.29, 0.717) is 5.75 Å². The van der Waals surface area contributed by atoms with Crippen molar-refractivity contribution < 1.29 is 14.5 Å². The van der Waals surface area contributed by atoms with E-state index < -0.39 is 4.92 Å². The largest absolute Gasteiger partial charge is 0.484 e. The van der Waals surface area contributed by atoms with Gasteiger partial charge in [-0.15, -0.1) is 0 Å². The minimum Gasteiger partial charge on any atom is -0.484 e. The fourth-order valence-electron chi connectivity index (χ4n) is 2.89. The molecule has 1 saturated carbocycles. The topological polar surface area (TPSA) is 81.5 Å². The molecule has 0 heterocycles. The van der Waals surface area contributed by atoms with E-state index >= 15 is 0 Å². The lowest BCUT2D eigenvalue weighted by atomic mass is 9.72. The minimum absolute atomic E-state index is 0.00991. The van der Waals surface area contributed by atoms with Crippen LogP contribution in [0.1, 0.15) is 24.8 Å². The Morgan fingerprint density at radius 3 is 2.33 bits per heavy atom. The predicted octanol–water partition coefficient (Wildman–Crippen LogP) is 3.17. The first kappa shape index (κ1) is 16.0. The molecule has 2 aromatic carbocycles. The van der Waals surface area contributed by atoms with Crippen molar-refractivity contribution >= 4 is 11.6 Å². The highest BCUT2D eigenvalue weighted by Crippen LogP contribution is 2.41. The number of nitrogens with zero attached hydrogens (tertiary/aromatic N) is 1. The van der Waals surface area contributed by atoms with Gasteiger partial charge >= 0.3 is 0 Å². The highest BCUT2D eigenvalue weighted by molar-refractivity contribution is 5.78. The molecule has 0 radical (unpaired) electrons. The van der Waals surface area contributed by atoms with Crippen molar-refractivity contribution in [3.8, 4) is 5.75 Å². The Labute approximate surface area is 139 Å². The fourth-order valence-corrected chi connectivity index (χ4v) is 2.89. The summed E-state index contributed by atoms with van der Waals surface area (Å²) in [5.74, 6) is 0.232. The molecular weight excluding hydrogens is 308 g/mol. The third-order valence-electron chi connectivity index (χ3n) is 4.33. The molecule has 0 aromatic heterocycles. The molecule has 124 valence electrons. The number of non-ortho nitro benzene ring substituents is 1. The van der Waals surface area contributed by atoms with Crippen LogP contribution in [0, 0.1) is 10.1 Å². The van der Waals surface area contributed by atoms with Crippen LogP contribution in [0.2, 0.25) is 0 Å². The Kier molecular flexibility index (Phi) is 4.46. The summed E-state index contributed by atoms with van der Waals surface area (Å²) in [5.41, 5.74) is 0.807. The summed E-state index contributed by atoms with van der Waals surface area (Å²) < 4.78 is 5.42. The molecule has 3 rings (SSSR count). The van der Waals surface area contributed by atoms with Crippen molar-refractivity contribution in [3.63, 3.8) is 0 Å². The second-order valence-corrected chi connectivity index (χ2v) is 5.89. The molecule has 0 saturated heterocycles. The second-order valence-electron chi connectivity index (χ2n) is 5.89. The number of hydrogen-bond donors (Lipinski definition) is 1. The van der Waals surface area contributed by atoms with Gasteiger partial charge in [0.2, 0.25) is 0 Å². The van der Waals surface area contributed by atoms with Gasteiger partial charge in [0.15, 0.2) is 6.61 Å². The molecule has 0 unspecified atom stereocenters. The first-order valence-electron chi connectivity index (χ1n) is 7.83. The standard InChI is InChI=1S/C18H18N2O4/c21-17(13-24-16-9-7-15(8-10-16)20(22)23)19-18(11-4-12-18)14-5-2-1-3-6-14/h1-3,5-10H,4,11-13H2,(H,19,21). The molecule has 6 heteroatoms. The third-order valence-corrected chi connectivity index (χ3v) is 4.33. The normalized spacial score (nSPS) is 15.2. The van der Waals surface area contributed by atoms with Crippen LogP contribution in [0.4, 0.5) is 5.69 Å². The summed E-state index contributed by atoms with van der Waals surface area (Å²) in [6, 6.07) is 15.6. The van der Waals surface area contributed by atoms with Gasteiger partial charge in [0.25, 0.3) is 11.6 Å². The van der Waals surface area contributed by atoms with Crippen molar-refractivity contribution in [2.45, 2.75) is 24.8 Å². The van der Waals surface area contributed by atoms with Gasteiger partial charge in [0, 0.05) is 12.1 Å². The summed E-state index contributed by atoms with van der Waals surface area (Å²) in [6.45, 7) is -0.119. The van der Waals surface area contributed by atoms with Crippen molar-refractivity contribution in [1.82, 2.24) is 5.32 Å². The Bertz CT molecular complexity index is 724. The lowest BCUT2D eigenvalue weighted by Gasteiger charge is -2.43. The fraction of sp³-hybridized carbons (Fsp3) is 0.278. The average Bonchev–Trinajstić information content (AvgIpc) is 2.57. The number of carbonyl (C=O) groups is 1. The third kappa shape index (κ3) is 3.37. The van der Waals surface area contributed by atoms with Crippen LogP contribution in [-0.2, 0) is 10.3 Å². The summed E-state index contributed by atoms with van der Waals surface area (Å²) in [4.78, 5) is 22.4. The predicted molar refractivity (Wildman–Crippen MR) is 88.7 cm³/mol. The van der Waals surface area contributed by atoms with Crippen LogP contribution >= 0.6 is 0 Å². The maximum Gasteiger partial charge on any atom is 0.269 e. The molecule has 1 N–H and O–H groups in total. The molecule has 1 aliphatic carbocycles. The SMILES string of the molecule is O=C(COc1ccc([N+](=O)[O-])cc1)NC1(c2ccccc2)CCC1. The van der Waals surface area contributed by atoms with Crippen molar-refractivity contribution in [3.05, 3.63) is 70.3 Å². The zero-order chi connectivity index (χ0) is 17.0. The number of ether oxygens (including phenoxy) is 1. The van der Waals surface area contributed by atoms with Gasteiger partial charge in [-0.25, -0.2) is 0 Å². The average molecular weight is 326 g/mol. The molecular formula is C18H18N2O4. The lowest BCUT2D eigenvalue weighted by Crippen LogP contribution is -2.52. The summed E-state index contributed by atoms with van der Waals surface area (Å²) in [6.07, 6.45) is 2.92. The Morgan fingerprint density at radius 2 is 1.79 bits per heavy atom. The molecule has 1 fully saturated rings. The number of rotatable bonds is 6. The maximum absolute atomic E-state index is 12.2. The summed E-state index contributed by atoms with van der Waals surface area (Å²) >= 11 is 0. The monoisotopic (exact) mass is 326 g/mol. The Balaban J connectivity index is 1.58. The summed E-state index contributed by atoms with van der Waals surface area (Å²) in [7, 11) is 0. The van der Waals surface area contributed by atoms with Gasteiger partial charge in [-0.05, 0) is 37.0 Å². The molecule has 0 spiro atoms. The van der Waals surface area contributed by atoms with Crippen LogP contribution < -0.4 is 10.1 Å². The van der Waals surface area contributed by atoms with Gasteiger partial charge in [-0.2, -0.15) is 0 Å². The Morgan fingerprint density at radius 1 is 1.12 bits per heavy atom. The van der Waals surface area contributed by atoms with Gasteiger partial charge in [-0.1, -0.05) is 30.3 Å². The number of benzene rings is 2. The van der Waals surface area contributed by atoms with E-state index in [9.17, 15) is 14.9 Å². The Hall–Kier alpha value is -2.89. The van der Waals surface area contributed by atoms with E-state index in [-0.39, 0.29) is 23.7 Å². The number of nitro benzene ring substituents is 1. The number of nitro groups is 1. The van der Waals surface area contributed by atoms with Gasteiger partial charge < -0.3 is 10.1 Å². The van der Waals surface area contributed by atoms with E-state index in [2.05, 4.69) is 5.32 Å². The first-order valence-corrected chi connectivity index (χ1v) is 7.83. The molecule has 1 amide bonds. The van der Waals surface area contributed by atoms with E-state index in [1.165, 1.54) is 24.3 Å². The van der Waals surface area contributed by atoms with Crippen LogP contribution in [0.3, 0.4) is 0 Å². The van der Waals surface area contributed by atoms with Gasteiger partial charge in [0.1, 0.15) is 5.75 Å². The second kappa shape index (κ2) is 6.70. The number of carbonyl (C=O) groups excluding carboxylic acids is 1. The quantitative estimate of drug-likeness (QED) is 0.653. The van der Waals surface area contributed by atoms with E-state index in [4.69, 9.17) is 4.74 Å². The highest BCUT2D eigenvalue weighted by Gasteiger charge is 2.39. The zero-order valence-electron chi connectivity index (χ0n) is 13.1. The smallest absolute Gasteiger partial charge is 0.269 e. The van der Waals surface area contributed by atoms with Crippen molar-refractivity contribution in [2.24, 2.45) is 0 Å². The highest BCUT2D eigenvalue weighted by atomic mass is 16.6. The molecule has 0 atom stereocenters. The number of amides is 1. The zero-order valence-corrected chi connectivity index (χ0v) is 13.1. The van der Waals surface area contributed by atoms with E-state index in [1.54, 1.807) is 0 Å². The van der Waals surface area contributed by atoms with Crippen LogP contribution in [0.15, 0.2) is 54.6 Å². The van der Waals surface area contributed by atoms with Gasteiger partial charge in [0.05, 0.1) is 10.5 Å². The van der Waals surface area contributed by atoms with Gasteiger partial charge in [-0.3, -0.25) is 14.9 Å².